The van der Waals surface area contributed by atoms with Gasteiger partial charge in [0.2, 0.25) is 5.91 Å². The number of aryl methyl sites for hydroxylation is 2. The van der Waals surface area contributed by atoms with E-state index in [0.29, 0.717) is 11.5 Å². The van der Waals surface area contributed by atoms with Crippen molar-refractivity contribution in [2.24, 2.45) is 7.05 Å². The third-order valence-corrected chi connectivity index (χ3v) is 4.36. The number of nitrogen functional groups attached to an aromatic ring is 1. The first-order valence-electron chi connectivity index (χ1n) is 5.81. The van der Waals surface area contributed by atoms with Gasteiger partial charge in [-0.25, -0.2) is 0 Å². The molecule has 6 heteroatoms. The highest BCUT2D eigenvalue weighted by Gasteiger charge is 2.23. The lowest BCUT2D eigenvalue weighted by Crippen LogP contribution is -2.28. The van der Waals surface area contributed by atoms with Crippen molar-refractivity contribution in [3.05, 3.63) is 5.69 Å². The smallest absolute Gasteiger partial charge is 0.238 e. The van der Waals surface area contributed by atoms with Gasteiger partial charge in [0.1, 0.15) is 0 Å². The molecule has 1 aromatic rings. The number of hydrogen-bond donors (Lipinski definition) is 2. The van der Waals surface area contributed by atoms with Crippen molar-refractivity contribution in [2.45, 2.75) is 31.4 Å². The average molecular weight is 254 g/mol. The van der Waals surface area contributed by atoms with Gasteiger partial charge in [-0.15, -0.1) is 11.8 Å². The number of carbonyl (C=O) groups excluding carboxylic acids is 1. The summed E-state index contributed by atoms with van der Waals surface area (Å²) in [7, 11) is 1.78. The van der Waals surface area contributed by atoms with Crippen LogP contribution in [0.25, 0.3) is 0 Å². The van der Waals surface area contributed by atoms with E-state index in [-0.39, 0.29) is 11.2 Å². The Kier molecular flexibility index (Phi) is 3.61. The van der Waals surface area contributed by atoms with Crippen LogP contribution in [-0.4, -0.2) is 26.7 Å². The summed E-state index contributed by atoms with van der Waals surface area (Å²) in [5.74, 6) is 1.72. The molecule has 0 spiro atoms. The molecule has 2 rings (SSSR count). The number of aromatic nitrogens is 2. The number of rotatable bonds is 2. The predicted octanol–water partition coefficient (Wildman–Crippen LogP) is 1.53. The quantitative estimate of drug-likeness (QED) is 0.839. The largest absolute Gasteiger partial charge is 0.394 e. The maximum Gasteiger partial charge on any atom is 0.238 e. The number of anilines is 2. The normalized spacial score (nSPS) is 20.2. The molecule has 0 bridgehead atoms. The fourth-order valence-electron chi connectivity index (χ4n) is 1.97. The number of thioether (sulfide) groups is 1. The summed E-state index contributed by atoms with van der Waals surface area (Å²) in [5, 5.41) is 7.12. The number of nitrogens with two attached hydrogens (primary N) is 1. The van der Waals surface area contributed by atoms with Crippen LogP contribution in [0.15, 0.2) is 0 Å². The van der Waals surface area contributed by atoms with Gasteiger partial charge in [0.05, 0.1) is 16.6 Å². The zero-order valence-corrected chi connectivity index (χ0v) is 11.0. The van der Waals surface area contributed by atoms with Gasteiger partial charge in [0.15, 0.2) is 5.82 Å². The fourth-order valence-corrected chi connectivity index (χ4v) is 3.17. The SMILES string of the molecule is Cc1nn(C)c(NC(=O)C2CCCCS2)c1N. The summed E-state index contributed by atoms with van der Waals surface area (Å²) in [6.45, 7) is 1.83. The molecule has 5 nitrogen and oxygen atoms in total. The Bertz CT molecular complexity index is 423. The molecule has 1 aliphatic heterocycles. The van der Waals surface area contributed by atoms with Crippen molar-refractivity contribution in [2.75, 3.05) is 16.8 Å². The van der Waals surface area contributed by atoms with Crippen molar-refractivity contribution in [1.29, 1.82) is 0 Å². The Balaban J connectivity index is 2.07. The minimum absolute atomic E-state index is 0.0457. The molecule has 1 aliphatic rings. The minimum atomic E-state index is 0.0457. The fraction of sp³-hybridized carbons (Fsp3) is 0.636. The van der Waals surface area contributed by atoms with Gasteiger partial charge in [-0.2, -0.15) is 5.10 Å². The molecule has 17 heavy (non-hydrogen) atoms. The number of nitrogens with one attached hydrogen (secondary N) is 1. The molecule has 1 aromatic heterocycles. The Morgan fingerprint density at radius 2 is 2.35 bits per heavy atom. The highest BCUT2D eigenvalue weighted by atomic mass is 32.2. The first kappa shape index (κ1) is 12.3. The van der Waals surface area contributed by atoms with E-state index < -0.39 is 0 Å². The Morgan fingerprint density at radius 1 is 1.59 bits per heavy atom. The summed E-state index contributed by atoms with van der Waals surface area (Å²) in [4.78, 5) is 12.1. The van der Waals surface area contributed by atoms with Crippen LogP contribution in [-0.2, 0) is 11.8 Å². The summed E-state index contributed by atoms with van der Waals surface area (Å²) < 4.78 is 1.62. The molecule has 0 aromatic carbocycles. The van der Waals surface area contributed by atoms with E-state index >= 15 is 0 Å². The van der Waals surface area contributed by atoms with Gasteiger partial charge in [-0.05, 0) is 25.5 Å². The highest BCUT2D eigenvalue weighted by molar-refractivity contribution is 8.00. The summed E-state index contributed by atoms with van der Waals surface area (Å²) in [5.41, 5.74) is 7.18. The summed E-state index contributed by atoms with van der Waals surface area (Å²) in [6, 6.07) is 0. The van der Waals surface area contributed by atoms with Crippen LogP contribution in [0.1, 0.15) is 25.0 Å². The molecule has 0 radical (unpaired) electrons. The lowest BCUT2D eigenvalue weighted by molar-refractivity contribution is -0.115. The molecule has 1 saturated heterocycles. The minimum Gasteiger partial charge on any atom is -0.394 e. The standard InChI is InChI=1S/C11H18N4OS/c1-7-9(12)10(15(2)14-7)13-11(16)8-5-3-4-6-17-8/h8H,3-6,12H2,1-2H3,(H,13,16). The number of nitrogens with zero attached hydrogens (tertiary/aromatic N) is 2. The third kappa shape index (κ3) is 2.57. The second-order valence-corrected chi connectivity index (χ2v) is 5.63. The van der Waals surface area contributed by atoms with Crippen molar-refractivity contribution >= 4 is 29.2 Å². The Morgan fingerprint density at radius 3 is 2.88 bits per heavy atom. The van der Waals surface area contributed by atoms with E-state index in [9.17, 15) is 4.79 Å². The maximum atomic E-state index is 12.1. The van der Waals surface area contributed by atoms with Gasteiger partial charge in [-0.3, -0.25) is 9.48 Å². The first-order chi connectivity index (χ1) is 8.09. The van der Waals surface area contributed by atoms with E-state index in [1.807, 2.05) is 6.92 Å². The lowest BCUT2D eigenvalue weighted by Gasteiger charge is -2.20. The molecule has 2 heterocycles. The van der Waals surface area contributed by atoms with Gasteiger partial charge in [-0.1, -0.05) is 6.42 Å². The van der Waals surface area contributed by atoms with Crippen molar-refractivity contribution in [3.8, 4) is 0 Å². The molecule has 1 fully saturated rings. The number of hydrogen-bond acceptors (Lipinski definition) is 4. The van der Waals surface area contributed by atoms with Gasteiger partial charge >= 0.3 is 0 Å². The van der Waals surface area contributed by atoms with Crippen LogP contribution in [0.3, 0.4) is 0 Å². The molecule has 1 atom stereocenters. The number of amides is 1. The van der Waals surface area contributed by atoms with Gasteiger partial charge < -0.3 is 11.1 Å². The topological polar surface area (TPSA) is 72.9 Å². The van der Waals surface area contributed by atoms with Gasteiger partial charge in [0.25, 0.3) is 0 Å². The molecular formula is C11H18N4OS. The molecule has 1 unspecified atom stereocenters. The zero-order valence-electron chi connectivity index (χ0n) is 10.2. The molecule has 0 saturated carbocycles. The van der Waals surface area contributed by atoms with E-state index in [4.69, 9.17) is 5.73 Å². The van der Waals surface area contributed by atoms with E-state index in [1.54, 1.807) is 23.5 Å². The predicted molar refractivity (Wildman–Crippen MR) is 71.1 cm³/mol. The molecule has 94 valence electrons. The number of carbonyl (C=O) groups is 1. The monoisotopic (exact) mass is 254 g/mol. The van der Waals surface area contributed by atoms with Crippen LogP contribution in [0.4, 0.5) is 11.5 Å². The van der Waals surface area contributed by atoms with E-state index in [2.05, 4.69) is 10.4 Å². The lowest BCUT2D eigenvalue weighted by atomic mass is 10.2. The summed E-state index contributed by atoms with van der Waals surface area (Å²) >= 11 is 1.73. The first-order valence-corrected chi connectivity index (χ1v) is 6.86. The van der Waals surface area contributed by atoms with E-state index in [1.165, 1.54) is 6.42 Å². The maximum absolute atomic E-state index is 12.1. The van der Waals surface area contributed by atoms with Crippen molar-refractivity contribution in [1.82, 2.24) is 9.78 Å². The molecule has 1 amide bonds. The molecular weight excluding hydrogens is 236 g/mol. The van der Waals surface area contributed by atoms with Crippen LogP contribution in [0.5, 0.6) is 0 Å². The van der Waals surface area contributed by atoms with Crippen LogP contribution < -0.4 is 11.1 Å². The highest BCUT2D eigenvalue weighted by Crippen LogP contribution is 2.27. The van der Waals surface area contributed by atoms with Gasteiger partial charge in [0, 0.05) is 7.05 Å². The van der Waals surface area contributed by atoms with Crippen LogP contribution in [0.2, 0.25) is 0 Å². The zero-order chi connectivity index (χ0) is 12.4. The van der Waals surface area contributed by atoms with Crippen molar-refractivity contribution < 1.29 is 4.79 Å². The van der Waals surface area contributed by atoms with Crippen LogP contribution >= 0.6 is 11.8 Å². The summed E-state index contributed by atoms with van der Waals surface area (Å²) in [6.07, 6.45) is 3.29. The second-order valence-electron chi connectivity index (χ2n) is 4.32. The van der Waals surface area contributed by atoms with Crippen LogP contribution in [0, 0.1) is 6.92 Å². The molecule has 3 N–H and O–H groups in total. The van der Waals surface area contributed by atoms with Crippen molar-refractivity contribution in [3.63, 3.8) is 0 Å². The average Bonchev–Trinajstić information content (AvgIpc) is 2.57. The molecule has 0 aliphatic carbocycles. The van der Waals surface area contributed by atoms with E-state index in [0.717, 1.165) is 24.3 Å². The Hall–Kier alpha value is -1.17. The third-order valence-electron chi connectivity index (χ3n) is 2.98. The Labute approximate surface area is 105 Å². The second kappa shape index (κ2) is 5.00.